The molecule has 0 aromatic rings. The maximum absolute atomic E-state index is 11.9. The normalized spacial score (nSPS) is 18.1. The Morgan fingerprint density at radius 2 is 1.88 bits per heavy atom. The van der Waals surface area contributed by atoms with Gasteiger partial charge in [0.15, 0.2) is 0 Å². The highest BCUT2D eigenvalue weighted by atomic mass is 16.2. The summed E-state index contributed by atoms with van der Waals surface area (Å²) < 4.78 is 0. The molecule has 0 atom stereocenters. The van der Waals surface area contributed by atoms with Crippen molar-refractivity contribution in [3.63, 3.8) is 0 Å². The second-order valence-corrected chi connectivity index (χ2v) is 6.02. The van der Waals surface area contributed by atoms with Crippen molar-refractivity contribution in [2.24, 2.45) is 11.8 Å². The Balaban J connectivity index is 2.24. The molecule has 1 fully saturated rings. The van der Waals surface area contributed by atoms with Crippen LogP contribution in [0.25, 0.3) is 0 Å². The first-order valence-electron chi connectivity index (χ1n) is 6.91. The van der Waals surface area contributed by atoms with Crippen molar-refractivity contribution >= 4 is 5.91 Å². The first-order valence-corrected chi connectivity index (χ1v) is 6.91. The van der Waals surface area contributed by atoms with Gasteiger partial charge in [0, 0.05) is 26.1 Å². The predicted molar refractivity (Wildman–Crippen MR) is 71.9 cm³/mol. The summed E-state index contributed by atoms with van der Waals surface area (Å²) in [6.45, 7) is 7.45. The number of hydrogen-bond donors (Lipinski definition) is 0. The standard InChI is InChI=1S/C14H28N2O/c1-12(2)5-6-14(17)16-9-7-13(8-10-16)11-15(3)4/h12-13H,5-11H2,1-4H3. The van der Waals surface area contributed by atoms with Gasteiger partial charge in [-0.05, 0) is 45.2 Å². The van der Waals surface area contributed by atoms with Gasteiger partial charge in [-0.3, -0.25) is 4.79 Å². The summed E-state index contributed by atoms with van der Waals surface area (Å²) in [4.78, 5) is 16.3. The minimum absolute atomic E-state index is 0.363. The number of hydrogen-bond acceptors (Lipinski definition) is 2. The molecule has 3 heteroatoms. The van der Waals surface area contributed by atoms with Crippen molar-refractivity contribution in [2.75, 3.05) is 33.7 Å². The Morgan fingerprint density at radius 1 is 1.29 bits per heavy atom. The summed E-state index contributed by atoms with van der Waals surface area (Å²) in [5.74, 6) is 1.77. The second kappa shape index (κ2) is 7.00. The van der Waals surface area contributed by atoms with Crippen LogP contribution in [0.3, 0.4) is 0 Å². The van der Waals surface area contributed by atoms with Gasteiger partial charge < -0.3 is 9.80 Å². The Kier molecular flexibility index (Phi) is 5.96. The highest BCUT2D eigenvalue weighted by Crippen LogP contribution is 2.19. The number of nitrogens with zero attached hydrogens (tertiary/aromatic N) is 2. The minimum atomic E-state index is 0.363. The van der Waals surface area contributed by atoms with Gasteiger partial charge in [0.05, 0.1) is 0 Å². The Labute approximate surface area is 106 Å². The van der Waals surface area contributed by atoms with Crippen LogP contribution in [0.1, 0.15) is 39.5 Å². The number of amides is 1. The van der Waals surface area contributed by atoms with Gasteiger partial charge in [-0.2, -0.15) is 0 Å². The van der Waals surface area contributed by atoms with Crippen molar-refractivity contribution < 1.29 is 4.79 Å². The maximum Gasteiger partial charge on any atom is 0.222 e. The van der Waals surface area contributed by atoms with Crippen molar-refractivity contribution in [1.82, 2.24) is 9.80 Å². The zero-order valence-electron chi connectivity index (χ0n) is 11.9. The van der Waals surface area contributed by atoms with Gasteiger partial charge in [-0.1, -0.05) is 13.8 Å². The van der Waals surface area contributed by atoms with Gasteiger partial charge in [-0.25, -0.2) is 0 Å². The Hall–Kier alpha value is -0.570. The van der Waals surface area contributed by atoms with Crippen molar-refractivity contribution in [3.05, 3.63) is 0 Å². The van der Waals surface area contributed by atoms with E-state index in [0.29, 0.717) is 11.8 Å². The van der Waals surface area contributed by atoms with E-state index >= 15 is 0 Å². The van der Waals surface area contributed by atoms with E-state index < -0.39 is 0 Å². The van der Waals surface area contributed by atoms with Gasteiger partial charge >= 0.3 is 0 Å². The number of rotatable bonds is 5. The molecule has 0 bridgehead atoms. The van der Waals surface area contributed by atoms with E-state index in [1.54, 1.807) is 0 Å². The van der Waals surface area contributed by atoms with E-state index in [0.717, 1.165) is 38.4 Å². The quantitative estimate of drug-likeness (QED) is 0.735. The van der Waals surface area contributed by atoms with Crippen molar-refractivity contribution in [1.29, 1.82) is 0 Å². The number of carbonyl (C=O) groups excluding carboxylic acids is 1. The first-order chi connectivity index (χ1) is 7.99. The molecule has 1 heterocycles. The predicted octanol–water partition coefficient (Wildman–Crippen LogP) is 2.22. The molecule has 100 valence electrons. The van der Waals surface area contributed by atoms with Crippen molar-refractivity contribution in [2.45, 2.75) is 39.5 Å². The van der Waals surface area contributed by atoms with Crippen LogP contribution >= 0.6 is 0 Å². The Bertz CT molecular complexity index is 230. The summed E-state index contributed by atoms with van der Waals surface area (Å²) in [5, 5.41) is 0. The van der Waals surface area contributed by atoms with Crippen LogP contribution < -0.4 is 0 Å². The van der Waals surface area contributed by atoms with Gasteiger partial charge in [0.2, 0.25) is 5.91 Å². The molecule has 1 aliphatic heterocycles. The third-order valence-electron chi connectivity index (χ3n) is 3.53. The largest absolute Gasteiger partial charge is 0.343 e. The van der Waals surface area contributed by atoms with Crippen LogP contribution in [0.5, 0.6) is 0 Å². The molecule has 1 amide bonds. The van der Waals surface area contributed by atoms with Crippen LogP contribution in [-0.2, 0) is 4.79 Å². The summed E-state index contributed by atoms with van der Waals surface area (Å²) >= 11 is 0. The van der Waals surface area contributed by atoms with Crippen LogP contribution in [-0.4, -0.2) is 49.4 Å². The average Bonchev–Trinajstić information content (AvgIpc) is 2.26. The second-order valence-electron chi connectivity index (χ2n) is 6.02. The van der Waals surface area contributed by atoms with E-state index in [9.17, 15) is 4.79 Å². The molecule has 17 heavy (non-hydrogen) atoms. The zero-order chi connectivity index (χ0) is 12.8. The molecule has 1 rings (SSSR count). The molecule has 0 N–H and O–H groups in total. The highest BCUT2D eigenvalue weighted by Gasteiger charge is 2.22. The monoisotopic (exact) mass is 240 g/mol. The van der Waals surface area contributed by atoms with E-state index in [-0.39, 0.29) is 0 Å². The average molecular weight is 240 g/mol. The lowest BCUT2D eigenvalue weighted by atomic mass is 9.96. The third-order valence-corrected chi connectivity index (χ3v) is 3.53. The zero-order valence-corrected chi connectivity index (χ0v) is 11.9. The molecule has 0 aromatic carbocycles. The molecule has 0 radical (unpaired) electrons. The highest BCUT2D eigenvalue weighted by molar-refractivity contribution is 5.76. The molecular weight excluding hydrogens is 212 g/mol. The fourth-order valence-corrected chi connectivity index (χ4v) is 2.45. The molecule has 1 aliphatic rings. The number of likely N-dealkylation sites (tertiary alicyclic amines) is 1. The molecule has 0 aliphatic carbocycles. The fraction of sp³-hybridized carbons (Fsp3) is 0.929. The number of piperidine rings is 1. The number of carbonyl (C=O) groups is 1. The smallest absolute Gasteiger partial charge is 0.222 e. The lowest BCUT2D eigenvalue weighted by molar-refractivity contribution is -0.132. The molecule has 1 saturated heterocycles. The summed E-state index contributed by atoms with van der Waals surface area (Å²) in [6, 6.07) is 0. The molecule has 3 nitrogen and oxygen atoms in total. The van der Waals surface area contributed by atoms with Crippen LogP contribution in [0.4, 0.5) is 0 Å². The third kappa shape index (κ3) is 5.53. The lowest BCUT2D eigenvalue weighted by Crippen LogP contribution is -2.40. The Morgan fingerprint density at radius 3 is 2.35 bits per heavy atom. The molecule has 0 unspecified atom stereocenters. The maximum atomic E-state index is 11.9. The minimum Gasteiger partial charge on any atom is -0.343 e. The van der Waals surface area contributed by atoms with E-state index in [2.05, 4.69) is 37.7 Å². The van der Waals surface area contributed by atoms with Crippen molar-refractivity contribution in [3.8, 4) is 0 Å². The SMILES string of the molecule is CC(C)CCC(=O)N1CCC(CN(C)C)CC1. The summed E-state index contributed by atoms with van der Waals surface area (Å²) in [5.41, 5.74) is 0. The van der Waals surface area contributed by atoms with Gasteiger partial charge in [0.25, 0.3) is 0 Å². The van der Waals surface area contributed by atoms with Crippen LogP contribution in [0.2, 0.25) is 0 Å². The molecular formula is C14H28N2O. The molecule has 0 spiro atoms. The van der Waals surface area contributed by atoms with Crippen LogP contribution in [0.15, 0.2) is 0 Å². The van der Waals surface area contributed by atoms with E-state index in [1.165, 1.54) is 12.8 Å². The van der Waals surface area contributed by atoms with E-state index in [4.69, 9.17) is 0 Å². The van der Waals surface area contributed by atoms with Crippen LogP contribution in [0, 0.1) is 11.8 Å². The van der Waals surface area contributed by atoms with E-state index in [1.807, 2.05) is 0 Å². The van der Waals surface area contributed by atoms with Gasteiger partial charge in [-0.15, -0.1) is 0 Å². The summed E-state index contributed by atoms with van der Waals surface area (Å²) in [6.07, 6.45) is 4.10. The molecule has 0 aromatic heterocycles. The summed E-state index contributed by atoms with van der Waals surface area (Å²) in [7, 11) is 4.25. The topological polar surface area (TPSA) is 23.6 Å². The first kappa shape index (κ1) is 14.5. The fourth-order valence-electron chi connectivity index (χ4n) is 2.45. The molecule has 0 saturated carbocycles. The lowest BCUT2D eigenvalue weighted by Gasteiger charge is -2.33. The van der Waals surface area contributed by atoms with Gasteiger partial charge in [0.1, 0.15) is 0 Å².